The van der Waals surface area contributed by atoms with Crippen LogP contribution in [0.3, 0.4) is 0 Å². The second kappa shape index (κ2) is 7.13. The summed E-state index contributed by atoms with van der Waals surface area (Å²) in [6.45, 7) is 10.6. The van der Waals surface area contributed by atoms with Gasteiger partial charge in [-0.15, -0.1) is 0 Å². The zero-order valence-electron chi connectivity index (χ0n) is 12.2. The Hall–Kier alpha value is -0.570. The van der Waals surface area contributed by atoms with E-state index in [1.54, 1.807) is 0 Å². The van der Waals surface area contributed by atoms with E-state index in [9.17, 15) is 0 Å². The van der Waals surface area contributed by atoms with Gasteiger partial charge in [0.1, 0.15) is 5.84 Å². The maximum absolute atomic E-state index is 4.88. The third kappa shape index (κ3) is 3.25. The molecule has 0 bridgehead atoms. The minimum atomic E-state index is 0.604. The molecule has 0 saturated carbocycles. The Kier molecular flexibility index (Phi) is 5.48. The summed E-state index contributed by atoms with van der Waals surface area (Å²) in [6, 6.07) is 0.604. The van der Waals surface area contributed by atoms with Gasteiger partial charge in [0.05, 0.1) is 6.04 Å². The first-order chi connectivity index (χ1) is 8.86. The van der Waals surface area contributed by atoms with Crippen molar-refractivity contribution in [3.05, 3.63) is 0 Å². The van der Waals surface area contributed by atoms with Gasteiger partial charge in [-0.2, -0.15) is 0 Å². The molecule has 2 heterocycles. The molecular formula is C15H29N3. The van der Waals surface area contributed by atoms with Crippen molar-refractivity contribution in [1.82, 2.24) is 9.80 Å². The molecule has 3 nitrogen and oxygen atoms in total. The van der Waals surface area contributed by atoms with Gasteiger partial charge in [0, 0.05) is 19.6 Å². The van der Waals surface area contributed by atoms with Crippen LogP contribution in [0.25, 0.3) is 0 Å². The van der Waals surface area contributed by atoms with Gasteiger partial charge in [0.2, 0.25) is 0 Å². The van der Waals surface area contributed by atoms with E-state index in [0.29, 0.717) is 6.04 Å². The van der Waals surface area contributed by atoms with E-state index >= 15 is 0 Å². The smallest absolute Gasteiger partial charge is 0.116 e. The molecule has 18 heavy (non-hydrogen) atoms. The first kappa shape index (κ1) is 13.9. The summed E-state index contributed by atoms with van der Waals surface area (Å²) in [5, 5.41) is 0. The Morgan fingerprint density at radius 2 is 1.83 bits per heavy atom. The van der Waals surface area contributed by atoms with E-state index in [4.69, 9.17) is 4.99 Å². The molecule has 2 aliphatic heterocycles. The van der Waals surface area contributed by atoms with Crippen molar-refractivity contribution in [2.75, 3.05) is 32.7 Å². The van der Waals surface area contributed by atoms with Crippen LogP contribution in [0.2, 0.25) is 0 Å². The minimum Gasteiger partial charge on any atom is -0.359 e. The summed E-state index contributed by atoms with van der Waals surface area (Å²) in [7, 11) is 0. The highest BCUT2D eigenvalue weighted by atomic mass is 15.3. The molecule has 0 aliphatic carbocycles. The third-order valence-corrected chi connectivity index (χ3v) is 4.10. The Bertz CT molecular complexity index is 269. The number of amidine groups is 1. The lowest BCUT2D eigenvalue weighted by atomic mass is 10.1. The molecule has 3 heteroatoms. The average molecular weight is 251 g/mol. The summed E-state index contributed by atoms with van der Waals surface area (Å²) in [4.78, 5) is 10.1. The van der Waals surface area contributed by atoms with Crippen molar-refractivity contribution in [3.63, 3.8) is 0 Å². The van der Waals surface area contributed by atoms with Gasteiger partial charge in [-0.05, 0) is 51.6 Å². The first-order valence-electron chi connectivity index (χ1n) is 7.90. The molecular weight excluding hydrogens is 222 g/mol. The van der Waals surface area contributed by atoms with Crippen molar-refractivity contribution >= 4 is 5.84 Å². The molecule has 0 aromatic carbocycles. The van der Waals surface area contributed by atoms with Gasteiger partial charge in [-0.25, -0.2) is 0 Å². The number of fused-ring (bicyclic) bond motifs is 1. The zero-order chi connectivity index (χ0) is 12.8. The van der Waals surface area contributed by atoms with E-state index in [0.717, 1.165) is 6.54 Å². The Morgan fingerprint density at radius 3 is 2.56 bits per heavy atom. The fourth-order valence-corrected chi connectivity index (χ4v) is 3.33. The van der Waals surface area contributed by atoms with Crippen LogP contribution < -0.4 is 0 Å². The molecule has 0 N–H and O–H groups in total. The lowest BCUT2D eigenvalue weighted by molar-refractivity contribution is 0.222. The number of nitrogens with zero attached hydrogens (tertiary/aromatic N) is 3. The van der Waals surface area contributed by atoms with Crippen molar-refractivity contribution in [3.8, 4) is 0 Å². The summed E-state index contributed by atoms with van der Waals surface area (Å²) in [5.41, 5.74) is 0. The lowest BCUT2D eigenvalue weighted by Gasteiger charge is -2.37. The van der Waals surface area contributed by atoms with Crippen LogP contribution in [0.4, 0.5) is 0 Å². The molecule has 0 aromatic rings. The molecule has 1 atom stereocenters. The highest BCUT2D eigenvalue weighted by Crippen LogP contribution is 2.21. The van der Waals surface area contributed by atoms with Gasteiger partial charge in [-0.3, -0.25) is 9.89 Å². The Morgan fingerprint density at radius 1 is 1.11 bits per heavy atom. The average Bonchev–Trinajstić information content (AvgIpc) is 2.61. The Labute approximate surface area is 112 Å². The van der Waals surface area contributed by atoms with Gasteiger partial charge in [-0.1, -0.05) is 13.8 Å². The van der Waals surface area contributed by atoms with Crippen LogP contribution in [-0.2, 0) is 0 Å². The molecule has 0 radical (unpaired) electrons. The van der Waals surface area contributed by atoms with Gasteiger partial charge >= 0.3 is 0 Å². The molecule has 0 spiro atoms. The van der Waals surface area contributed by atoms with Crippen molar-refractivity contribution in [2.45, 2.75) is 58.4 Å². The predicted octanol–water partition coefficient (Wildman–Crippen LogP) is 2.77. The van der Waals surface area contributed by atoms with Gasteiger partial charge in [0.15, 0.2) is 0 Å². The summed E-state index contributed by atoms with van der Waals surface area (Å²) in [6.07, 6.45) is 7.78. The lowest BCUT2D eigenvalue weighted by Crippen LogP contribution is -2.50. The highest BCUT2D eigenvalue weighted by Gasteiger charge is 2.30. The number of rotatable bonds is 5. The minimum absolute atomic E-state index is 0.604. The normalized spacial score (nSPS) is 24.7. The summed E-state index contributed by atoms with van der Waals surface area (Å²) in [5.74, 6) is 1.42. The maximum atomic E-state index is 4.88. The molecule has 1 fully saturated rings. The second-order valence-corrected chi connectivity index (χ2v) is 5.63. The van der Waals surface area contributed by atoms with Gasteiger partial charge < -0.3 is 4.90 Å². The summed E-state index contributed by atoms with van der Waals surface area (Å²) < 4.78 is 0. The molecule has 104 valence electrons. The highest BCUT2D eigenvalue weighted by molar-refractivity contribution is 5.88. The van der Waals surface area contributed by atoms with Crippen LogP contribution in [0.15, 0.2) is 4.99 Å². The number of aliphatic imine (C=N–C) groups is 1. The van der Waals surface area contributed by atoms with E-state index in [1.807, 2.05) is 0 Å². The van der Waals surface area contributed by atoms with Crippen LogP contribution in [-0.4, -0.2) is 54.4 Å². The monoisotopic (exact) mass is 251 g/mol. The third-order valence-electron chi connectivity index (χ3n) is 4.10. The summed E-state index contributed by atoms with van der Waals surface area (Å²) >= 11 is 0. The second-order valence-electron chi connectivity index (χ2n) is 5.63. The number of hydrogen-bond acceptors (Lipinski definition) is 3. The predicted molar refractivity (Wildman–Crippen MR) is 78.3 cm³/mol. The molecule has 1 unspecified atom stereocenters. The topological polar surface area (TPSA) is 18.8 Å². The largest absolute Gasteiger partial charge is 0.359 e. The van der Waals surface area contributed by atoms with Crippen LogP contribution in [0, 0.1) is 0 Å². The SMILES string of the molecule is CCCN(CCC)C1CCCCN2CCCN=C12. The molecule has 0 aromatic heterocycles. The molecule has 0 amide bonds. The van der Waals surface area contributed by atoms with Crippen molar-refractivity contribution in [2.24, 2.45) is 4.99 Å². The van der Waals surface area contributed by atoms with Crippen molar-refractivity contribution in [1.29, 1.82) is 0 Å². The van der Waals surface area contributed by atoms with Crippen LogP contribution in [0.1, 0.15) is 52.4 Å². The van der Waals surface area contributed by atoms with Crippen molar-refractivity contribution < 1.29 is 0 Å². The van der Waals surface area contributed by atoms with Crippen LogP contribution in [0.5, 0.6) is 0 Å². The first-order valence-corrected chi connectivity index (χ1v) is 7.90. The fraction of sp³-hybridized carbons (Fsp3) is 0.933. The van der Waals surface area contributed by atoms with E-state index in [1.165, 1.54) is 70.5 Å². The quantitative estimate of drug-likeness (QED) is 0.748. The molecule has 2 aliphatic rings. The maximum Gasteiger partial charge on any atom is 0.116 e. The fourth-order valence-electron chi connectivity index (χ4n) is 3.33. The van der Waals surface area contributed by atoms with E-state index in [2.05, 4.69) is 23.6 Å². The van der Waals surface area contributed by atoms with E-state index < -0.39 is 0 Å². The Balaban J connectivity index is 2.13. The zero-order valence-corrected chi connectivity index (χ0v) is 12.2. The number of hydrogen-bond donors (Lipinski definition) is 0. The standard InChI is InChI=1S/C15H29N3/c1-3-10-17(11-4-2)14-8-5-6-12-18-13-7-9-16-15(14)18/h14H,3-13H2,1-2H3. The van der Waals surface area contributed by atoms with Gasteiger partial charge in [0.25, 0.3) is 0 Å². The van der Waals surface area contributed by atoms with Crippen LogP contribution >= 0.6 is 0 Å². The molecule has 1 saturated heterocycles. The molecule has 2 rings (SSSR count). The van der Waals surface area contributed by atoms with E-state index in [-0.39, 0.29) is 0 Å².